The van der Waals surface area contributed by atoms with E-state index in [0.29, 0.717) is 5.69 Å². The van der Waals surface area contributed by atoms with Gasteiger partial charge in [-0.15, -0.1) is 0 Å². The summed E-state index contributed by atoms with van der Waals surface area (Å²) in [5.41, 5.74) is 1.41. The number of ether oxygens (including phenoxy) is 1. The average molecular weight is 387 g/mol. The number of alkyl halides is 3. The van der Waals surface area contributed by atoms with Gasteiger partial charge in [0.1, 0.15) is 12.1 Å². The number of rotatable bonds is 6. The third kappa shape index (κ3) is 5.29. The van der Waals surface area contributed by atoms with Crippen molar-refractivity contribution in [1.82, 2.24) is 15.3 Å². The van der Waals surface area contributed by atoms with Gasteiger partial charge in [-0.3, -0.25) is 4.79 Å². The van der Waals surface area contributed by atoms with Gasteiger partial charge in [-0.25, -0.2) is 9.97 Å². The molecule has 5 nitrogen and oxygen atoms in total. The van der Waals surface area contributed by atoms with Gasteiger partial charge in [0.15, 0.2) is 6.61 Å². The maximum atomic E-state index is 12.7. The second-order valence-electron chi connectivity index (χ2n) is 5.85. The molecule has 28 heavy (non-hydrogen) atoms. The van der Waals surface area contributed by atoms with Crippen LogP contribution in [-0.2, 0) is 17.5 Å². The summed E-state index contributed by atoms with van der Waals surface area (Å²) in [6, 6.07) is 15.6. The Morgan fingerprint density at radius 2 is 1.79 bits per heavy atom. The van der Waals surface area contributed by atoms with Crippen LogP contribution < -0.4 is 10.1 Å². The first kappa shape index (κ1) is 19.3. The molecule has 2 aromatic carbocycles. The van der Waals surface area contributed by atoms with Gasteiger partial charge in [-0.05, 0) is 24.3 Å². The number of aromatic nitrogens is 2. The topological polar surface area (TPSA) is 64.1 Å². The quantitative estimate of drug-likeness (QED) is 0.698. The monoisotopic (exact) mass is 387 g/mol. The normalized spacial score (nSPS) is 11.1. The molecule has 3 rings (SSSR count). The fourth-order valence-electron chi connectivity index (χ4n) is 2.41. The van der Waals surface area contributed by atoms with E-state index in [0.717, 1.165) is 23.4 Å². The molecule has 0 bridgehead atoms. The summed E-state index contributed by atoms with van der Waals surface area (Å²) >= 11 is 0. The molecule has 0 saturated carbocycles. The van der Waals surface area contributed by atoms with Crippen molar-refractivity contribution in [2.24, 2.45) is 0 Å². The number of hydrogen-bond donors (Lipinski definition) is 1. The summed E-state index contributed by atoms with van der Waals surface area (Å²) in [5.74, 6) is -0.504. The molecule has 1 aromatic heterocycles. The minimum Gasteiger partial charge on any atom is -0.484 e. The van der Waals surface area contributed by atoms with Crippen molar-refractivity contribution in [3.63, 3.8) is 0 Å². The Balaban J connectivity index is 1.54. The number of carbonyl (C=O) groups is 1. The third-order valence-electron chi connectivity index (χ3n) is 3.79. The zero-order valence-corrected chi connectivity index (χ0v) is 14.6. The average Bonchev–Trinajstić information content (AvgIpc) is 2.71. The van der Waals surface area contributed by atoms with Crippen molar-refractivity contribution in [3.05, 3.63) is 78.2 Å². The van der Waals surface area contributed by atoms with Crippen LogP contribution in [0, 0.1) is 0 Å². The Hall–Kier alpha value is -3.42. The van der Waals surface area contributed by atoms with Gasteiger partial charge in [-0.1, -0.05) is 36.4 Å². The predicted molar refractivity (Wildman–Crippen MR) is 96.3 cm³/mol. The van der Waals surface area contributed by atoms with Gasteiger partial charge in [0.2, 0.25) is 0 Å². The second-order valence-corrected chi connectivity index (χ2v) is 5.85. The van der Waals surface area contributed by atoms with E-state index in [4.69, 9.17) is 4.74 Å². The van der Waals surface area contributed by atoms with Crippen LogP contribution in [0.25, 0.3) is 11.3 Å². The van der Waals surface area contributed by atoms with Crippen molar-refractivity contribution >= 4 is 5.91 Å². The highest BCUT2D eigenvalue weighted by Crippen LogP contribution is 2.31. The molecular formula is C20H16F3N3O2. The first-order valence-corrected chi connectivity index (χ1v) is 8.35. The minimum atomic E-state index is -4.47. The van der Waals surface area contributed by atoms with Crippen molar-refractivity contribution < 1.29 is 22.7 Å². The van der Waals surface area contributed by atoms with Crippen molar-refractivity contribution in [3.8, 4) is 17.0 Å². The van der Waals surface area contributed by atoms with E-state index in [1.54, 1.807) is 6.07 Å². The van der Waals surface area contributed by atoms with Gasteiger partial charge in [0.05, 0.1) is 23.5 Å². The molecule has 0 aliphatic rings. The Morgan fingerprint density at radius 1 is 1.00 bits per heavy atom. The van der Waals surface area contributed by atoms with E-state index < -0.39 is 24.3 Å². The molecule has 0 spiro atoms. The SMILES string of the molecule is O=C(COc1cccc(C(F)(F)F)c1)NCc1cc(-c2ccccc2)ncn1. The van der Waals surface area contributed by atoms with Crippen molar-refractivity contribution in [1.29, 1.82) is 0 Å². The first-order valence-electron chi connectivity index (χ1n) is 8.35. The van der Waals surface area contributed by atoms with Crippen LogP contribution in [-0.4, -0.2) is 22.5 Å². The highest BCUT2D eigenvalue weighted by Gasteiger charge is 2.30. The van der Waals surface area contributed by atoms with Gasteiger partial charge in [0.25, 0.3) is 5.91 Å². The smallest absolute Gasteiger partial charge is 0.416 e. The zero-order chi connectivity index (χ0) is 20.0. The van der Waals surface area contributed by atoms with Gasteiger partial charge < -0.3 is 10.1 Å². The maximum absolute atomic E-state index is 12.7. The minimum absolute atomic E-state index is 0.0293. The van der Waals surface area contributed by atoms with Gasteiger partial charge in [0, 0.05) is 5.56 Å². The molecular weight excluding hydrogens is 371 g/mol. The fraction of sp³-hybridized carbons (Fsp3) is 0.150. The van der Waals surface area contributed by atoms with Crippen molar-refractivity contribution in [2.75, 3.05) is 6.61 Å². The zero-order valence-electron chi connectivity index (χ0n) is 14.6. The summed E-state index contributed by atoms with van der Waals surface area (Å²) in [7, 11) is 0. The van der Waals surface area contributed by atoms with Gasteiger partial charge in [-0.2, -0.15) is 13.2 Å². The number of nitrogens with one attached hydrogen (secondary N) is 1. The Kier molecular flexibility index (Phi) is 5.88. The molecule has 0 aliphatic heterocycles. The van der Waals surface area contributed by atoms with E-state index >= 15 is 0 Å². The molecule has 1 amide bonds. The lowest BCUT2D eigenvalue weighted by Crippen LogP contribution is -2.28. The molecule has 3 aromatic rings. The molecule has 0 aliphatic carbocycles. The summed E-state index contributed by atoms with van der Waals surface area (Å²) in [5, 5.41) is 2.62. The lowest BCUT2D eigenvalue weighted by molar-refractivity contribution is -0.137. The van der Waals surface area contributed by atoms with Crippen LogP contribution in [0.1, 0.15) is 11.3 Å². The predicted octanol–water partition coefficient (Wildman–Crippen LogP) is 3.86. The fourth-order valence-corrected chi connectivity index (χ4v) is 2.41. The van der Waals surface area contributed by atoms with Crippen LogP contribution in [0.3, 0.4) is 0 Å². The van der Waals surface area contributed by atoms with Crippen LogP contribution in [0.5, 0.6) is 5.75 Å². The molecule has 0 fully saturated rings. The number of nitrogens with zero attached hydrogens (tertiary/aromatic N) is 2. The number of carbonyl (C=O) groups excluding carboxylic acids is 1. The van der Waals surface area contributed by atoms with Crippen LogP contribution in [0.4, 0.5) is 13.2 Å². The molecule has 0 atom stereocenters. The standard InChI is InChI=1S/C20H16F3N3O2/c21-20(22,23)15-7-4-8-17(9-15)28-12-19(27)24-11-16-10-18(26-13-25-16)14-5-2-1-3-6-14/h1-10,13H,11-12H2,(H,24,27). The molecule has 1 heterocycles. The second kappa shape index (κ2) is 8.51. The molecule has 0 radical (unpaired) electrons. The van der Waals surface area contributed by atoms with Crippen LogP contribution >= 0.6 is 0 Å². The number of halogens is 3. The largest absolute Gasteiger partial charge is 0.484 e. The summed E-state index contributed by atoms with van der Waals surface area (Å²) in [6.07, 6.45) is -3.06. The molecule has 0 unspecified atom stereocenters. The van der Waals surface area contributed by atoms with E-state index in [1.165, 1.54) is 18.5 Å². The first-order chi connectivity index (χ1) is 13.4. The molecule has 8 heteroatoms. The summed E-state index contributed by atoms with van der Waals surface area (Å²) < 4.78 is 43.2. The Bertz CT molecular complexity index is 947. The molecule has 0 saturated heterocycles. The van der Waals surface area contributed by atoms with E-state index in [9.17, 15) is 18.0 Å². The van der Waals surface area contributed by atoms with Crippen LogP contribution in [0.15, 0.2) is 67.0 Å². The lowest BCUT2D eigenvalue weighted by atomic mass is 10.1. The highest BCUT2D eigenvalue weighted by molar-refractivity contribution is 5.77. The summed E-state index contributed by atoms with van der Waals surface area (Å²) in [4.78, 5) is 20.2. The summed E-state index contributed by atoms with van der Waals surface area (Å²) in [6.45, 7) is -0.259. The number of benzene rings is 2. The number of hydrogen-bond acceptors (Lipinski definition) is 4. The number of amides is 1. The van der Waals surface area contributed by atoms with Gasteiger partial charge >= 0.3 is 6.18 Å². The maximum Gasteiger partial charge on any atom is 0.416 e. The van der Waals surface area contributed by atoms with E-state index in [1.807, 2.05) is 30.3 Å². The Morgan fingerprint density at radius 3 is 2.54 bits per heavy atom. The van der Waals surface area contributed by atoms with Crippen molar-refractivity contribution in [2.45, 2.75) is 12.7 Å². The van der Waals surface area contributed by atoms with E-state index in [-0.39, 0.29) is 12.3 Å². The molecule has 144 valence electrons. The third-order valence-corrected chi connectivity index (χ3v) is 3.79. The van der Waals surface area contributed by atoms with E-state index in [2.05, 4.69) is 15.3 Å². The molecule has 1 N–H and O–H groups in total. The lowest BCUT2D eigenvalue weighted by Gasteiger charge is -2.10. The highest BCUT2D eigenvalue weighted by atomic mass is 19.4. The Labute approximate surface area is 159 Å². The van der Waals surface area contributed by atoms with Crippen LogP contribution in [0.2, 0.25) is 0 Å².